The number of urea groups is 1. The zero-order valence-electron chi connectivity index (χ0n) is 14.3. The van der Waals surface area contributed by atoms with Crippen molar-refractivity contribution < 1.29 is 9.90 Å². The van der Waals surface area contributed by atoms with Crippen LogP contribution < -0.4 is 5.32 Å². The van der Waals surface area contributed by atoms with E-state index in [4.69, 9.17) is 11.5 Å². The molecular weight excluding hydrogens is 334 g/mol. The number of amides is 2. The van der Waals surface area contributed by atoms with Crippen molar-refractivity contribution >= 4 is 22.5 Å². The number of hydrogen-bond donors (Lipinski definition) is 2. The Labute approximate surface area is 151 Å². The first-order chi connectivity index (χ1) is 12.0. The van der Waals surface area contributed by atoms with Crippen molar-refractivity contribution in [3.63, 3.8) is 0 Å². The Kier molecular flexibility index (Phi) is 4.80. The van der Waals surface area contributed by atoms with Gasteiger partial charge < -0.3 is 10.0 Å². The second-order valence-electron chi connectivity index (χ2n) is 6.56. The van der Waals surface area contributed by atoms with Crippen LogP contribution in [0.1, 0.15) is 23.7 Å². The zero-order chi connectivity index (χ0) is 18.0. The van der Waals surface area contributed by atoms with Crippen LogP contribution in [0.15, 0.2) is 29.6 Å². The highest BCUT2D eigenvalue weighted by atomic mass is 32.1. The summed E-state index contributed by atoms with van der Waals surface area (Å²) >= 11 is 1.36. The minimum absolute atomic E-state index is 0.113. The summed E-state index contributed by atoms with van der Waals surface area (Å²) < 4.78 is 0. The number of benzene rings is 1. The Balaban J connectivity index is 1.74. The maximum absolute atomic E-state index is 12.2. The lowest BCUT2D eigenvalue weighted by Crippen LogP contribution is -2.52. The molecule has 0 spiro atoms. The third-order valence-electron chi connectivity index (χ3n) is 4.65. The number of aromatic nitrogens is 1. The lowest BCUT2D eigenvalue weighted by atomic mass is 9.80. The van der Waals surface area contributed by atoms with E-state index < -0.39 is 5.41 Å². The zero-order valence-corrected chi connectivity index (χ0v) is 15.1. The second-order valence-corrected chi connectivity index (χ2v) is 7.42. The van der Waals surface area contributed by atoms with Crippen molar-refractivity contribution in [3.8, 4) is 12.3 Å². The van der Waals surface area contributed by atoms with Gasteiger partial charge in [0.1, 0.15) is 0 Å². The molecule has 130 valence electrons. The number of rotatable bonds is 4. The van der Waals surface area contributed by atoms with Gasteiger partial charge in [-0.2, -0.15) is 0 Å². The van der Waals surface area contributed by atoms with E-state index in [1.165, 1.54) is 16.9 Å². The van der Waals surface area contributed by atoms with Crippen LogP contribution in [-0.4, -0.2) is 40.7 Å². The minimum atomic E-state index is -0.647. The summed E-state index contributed by atoms with van der Waals surface area (Å²) in [6.45, 7) is 5.25. The summed E-state index contributed by atoms with van der Waals surface area (Å²) in [5.74, 6) is 3.03. The van der Waals surface area contributed by atoms with E-state index in [1.54, 1.807) is 4.90 Å². The van der Waals surface area contributed by atoms with E-state index in [0.717, 1.165) is 11.3 Å². The Morgan fingerprint density at radius 2 is 2.16 bits per heavy atom. The number of likely N-dealkylation sites (tertiary alicyclic amines) is 1. The molecule has 0 bridgehead atoms. The Morgan fingerprint density at radius 3 is 2.76 bits per heavy atom. The summed E-state index contributed by atoms with van der Waals surface area (Å²) in [5.41, 5.74) is 2.27. The molecule has 2 aromatic rings. The van der Waals surface area contributed by atoms with Crippen LogP contribution in [0.5, 0.6) is 0 Å². The van der Waals surface area contributed by atoms with E-state index in [2.05, 4.69) is 16.2 Å². The number of thiazole rings is 1. The summed E-state index contributed by atoms with van der Waals surface area (Å²) in [7, 11) is 0. The molecule has 1 fully saturated rings. The lowest BCUT2D eigenvalue weighted by molar-refractivity contribution is 0.0838. The van der Waals surface area contributed by atoms with E-state index in [9.17, 15) is 4.79 Å². The number of nitrogens with one attached hydrogen (secondary N) is 1. The quantitative estimate of drug-likeness (QED) is 0.829. The van der Waals surface area contributed by atoms with Gasteiger partial charge in [0.15, 0.2) is 5.13 Å². The van der Waals surface area contributed by atoms with Gasteiger partial charge in [-0.1, -0.05) is 35.7 Å². The molecule has 2 N–H and O–H groups in total. The maximum atomic E-state index is 12.2. The average Bonchev–Trinajstić information content (AvgIpc) is 3.03. The smallest absolute Gasteiger partial charge is 0.323 e. The number of aryl methyl sites for hydroxylation is 1. The van der Waals surface area contributed by atoms with Crippen LogP contribution in [0, 0.1) is 25.2 Å². The van der Waals surface area contributed by atoms with Crippen LogP contribution >= 0.6 is 11.3 Å². The van der Waals surface area contributed by atoms with Crippen LogP contribution in [0.25, 0.3) is 0 Å². The van der Waals surface area contributed by atoms with E-state index >= 15 is 0 Å². The number of carbonyl (C=O) groups is 1. The molecule has 3 rings (SSSR count). The van der Waals surface area contributed by atoms with Crippen LogP contribution in [0.4, 0.5) is 9.93 Å². The number of aliphatic hydroxyl groups excluding tert-OH is 1. The van der Waals surface area contributed by atoms with E-state index in [0.29, 0.717) is 18.2 Å². The molecule has 5 nitrogen and oxygen atoms in total. The lowest BCUT2D eigenvalue weighted by Gasteiger charge is -2.37. The number of carbonyl (C=O) groups excluding carboxylic acids is 1. The van der Waals surface area contributed by atoms with Gasteiger partial charge in [0, 0.05) is 31.0 Å². The molecule has 1 aliphatic heterocycles. The molecule has 2 heterocycles. The van der Waals surface area contributed by atoms with E-state index in [1.807, 2.05) is 43.5 Å². The van der Waals surface area contributed by atoms with Gasteiger partial charge in [-0.3, -0.25) is 5.32 Å². The summed E-state index contributed by atoms with van der Waals surface area (Å²) in [6.07, 6.45) is 5.82. The molecule has 25 heavy (non-hydrogen) atoms. The van der Waals surface area contributed by atoms with Crippen molar-refractivity contribution in [1.29, 1.82) is 0 Å². The molecule has 2 amide bonds. The molecule has 0 unspecified atom stereocenters. The standard InChI is InChI=1S/C19H21N3O2S/c1-4-19(3,15-7-5-13(2)6-8-15)16-12-25-17(20-16)21-18(24)22-9-14(10-22)11-23/h1,5-8,12,14,23H,9-11H2,2-3H3,(H,20,21,24)/t19-/m0/s1. The molecule has 0 aliphatic carbocycles. The average molecular weight is 355 g/mol. The predicted octanol–water partition coefficient (Wildman–Crippen LogP) is 2.85. The first-order valence-electron chi connectivity index (χ1n) is 8.14. The van der Waals surface area contributed by atoms with Crippen molar-refractivity contribution in [2.75, 3.05) is 25.0 Å². The van der Waals surface area contributed by atoms with Gasteiger partial charge in [-0.05, 0) is 19.4 Å². The van der Waals surface area contributed by atoms with Crippen LogP contribution in [0.3, 0.4) is 0 Å². The molecule has 1 aliphatic rings. The predicted molar refractivity (Wildman–Crippen MR) is 99.7 cm³/mol. The molecule has 0 radical (unpaired) electrons. The molecule has 1 saturated heterocycles. The largest absolute Gasteiger partial charge is 0.396 e. The van der Waals surface area contributed by atoms with E-state index in [-0.39, 0.29) is 18.6 Å². The summed E-state index contributed by atoms with van der Waals surface area (Å²) in [5, 5.41) is 14.3. The first-order valence-corrected chi connectivity index (χ1v) is 9.02. The molecule has 0 saturated carbocycles. The summed E-state index contributed by atoms with van der Waals surface area (Å²) in [6, 6.07) is 7.90. The molecule has 1 atom stereocenters. The van der Waals surface area contributed by atoms with Gasteiger partial charge in [-0.25, -0.2) is 9.78 Å². The highest BCUT2D eigenvalue weighted by Gasteiger charge is 2.32. The third kappa shape index (κ3) is 3.39. The van der Waals surface area contributed by atoms with Crippen molar-refractivity contribution in [1.82, 2.24) is 9.88 Å². The monoisotopic (exact) mass is 355 g/mol. The normalized spacial score (nSPS) is 16.6. The highest BCUT2D eigenvalue weighted by Crippen LogP contribution is 2.33. The Hall–Kier alpha value is -2.36. The topological polar surface area (TPSA) is 65.5 Å². The van der Waals surface area contributed by atoms with Gasteiger partial charge in [0.2, 0.25) is 0 Å². The van der Waals surface area contributed by atoms with Crippen molar-refractivity contribution in [3.05, 3.63) is 46.5 Å². The van der Waals surface area contributed by atoms with Crippen molar-refractivity contribution in [2.45, 2.75) is 19.3 Å². The number of hydrogen-bond acceptors (Lipinski definition) is 4. The van der Waals surface area contributed by atoms with Gasteiger partial charge in [0.05, 0.1) is 11.1 Å². The first kappa shape index (κ1) is 17.5. The fourth-order valence-corrected chi connectivity index (χ4v) is 3.58. The number of terminal acetylenes is 1. The molecular formula is C19H21N3O2S. The molecule has 1 aromatic carbocycles. The third-order valence-corrected chi connectivity index (χ3v) is 5.41. The van der Waals surface area contributed by atoms with Crippen molar-refractivity contribution in [2.24, 2.45) is 5.92 Å². The Bertz CT molecular complexity index is 803. The maximum Gasteiger partial charge on any atom is 0.323 e. The number of nitrogens with zero attached hydrogens (tertiary/aromatic N) is 2. The van der Waals surface area contributed by atoms with Gasteiger partial charge in [-0.15, -0.1) is 17.8 Å². The second kappa shape index (κ2) is 6.87. The number of aliphatic hydroxyl groups is 1. The van der Waals surface area contributed by atoms with Crippen LogP contribution in [-0.2, 0) is 5.41 Å². The minimum Gasteiger partial charge on any atom is -0.396 e. The van der Waals surface area contributed by atoms with Crippen LogP contribution in [0.2, 0.25) is 0 Å². The summed E-state index contributed by atoms with van der Waals surface area (Å²) in [4.78, 5) is 18.3. The highest BCUT2D eigenvalue weighted by molar-refractivity contribution is 7.14. The SMILES string of the molecule is C#C[C@@](C)(c1ccc(C)cc1)c1csc(NC(=O)N2CC(CO)C2)n1. The number of anilines is 1. The fourth-order valence-electron chi connectivity index (χ4n) is 2.77. The molecule has 6 heteroatoms. The van der Waals surface area contributed by atoms with Gasteiger partial charge >= 0.3 is 6.03 Å². The fraction of sp³-hybridized carbons (Fsp3) is 0.368. The van der Waals surface area contributed by atoms with Gasteiger partial charge in [0.25, 0.3) is 0 Å². The molecule has 1 aromatic heterocycles. The Morgan fingerprint density at radius 1 is 1.48 bits per heavy atom.